The molecule has 3 N–H and O–H groups in total. The lowest BCUT2D eigenvalue weighted by Gasteiger charge is -2.40. The van der Waals surface area contributed by atoms with E-state index in [1.807, 2.05) is 12.1 Å². The molecule has 1 aromatic carbocycles. The molecule has 3 saturated heterocycles. The number of aromatic nitrogens is 1. The standard InChI is InChI=1S/C29H33N7O5/c30-26(38)23-4-2-20(16-31-23)34-9-7-18(8-10-34)17-33-11-13-35(14-12-33)19-1-3-21-22(15-19)29(41)36(28(21)40)24-5-6-25(37)32-27(24)39/h1-4,15-16,18,24H,5-14,17H2,(H2,30,38)(H,32,37,39). The van der Waals surface area contributed by atoms with Crippen LogP contribution in [0.25, 0.3) is 0 Å². The number of fused-ring (bicyclic) bond motifs is 1. The SMILES string of the molecule is NC(=O)c1ccc(N2CCC(CN3CCN(c4ccc5c(c4)C(=O)N(C4CCC(=O)NC4=O)C5=O)CC3)CC2)cn1. The fourth-order valence-electron chi connectivity index (χ4n) is 6.30. The third-order valence-corrected chi connectivity index (χ3v) is 8.66. The van der Waals surface area contributed by atoms with Crippen LogP contribution in [0.3, 0.4) is 0 Å². The maximum Gasteiger partial charge on any atom is 0.267 e. The molecule has 1 atom stereocenters. The van der Waals surface area contributed by atoms with E-state index in [2.05, 4.69) is 25.0 Å². The van der Waals surface area contributed by atoms with Crippen molar-refractivity contribution in [2.45, 2.75) is 31.7 Å². The molecule has 2 aromatic rings. The maximum atomic E-state index is 13.2. The number of nitrogens with two attached hydrogens (primary N) is 1. The van der Waals surface area contributed by atoms with Crippen molar-refractivity contribution in [3.8, 4) is 0 Å². The fraction of sp³-hybridized carbons (Fsp3) is 0.448. The number of pyridine rings is 1. The molecule has 0 aliphatic carbocycles. The van der Waals surface area contributed by atoms with E-state index >= 15 is 0 Å². The van der Waals surface area contributed by atoms with Gasteiger partial charge in [0.05, 0.1) is 23.0 Å². The highest BCUT2D eigenvalue weighted by Crippen LogP contribution is 2.31. The molecule has 5 amide bonds. The topological polar surface area (TPSA) is 149 Å². The van der Waals surface area contributed by atoms with Crippen molar-refractivity contribution >= 4 is 40.9 Å². The first-order valence-corrected chi connectivity index (χ1v) is 14.1. The van der Waals surface area contributed by atoms with E-state index in [9.17, 15) is 24.0 Å². The summed E-state index contributed by atoms with van der Waals surface area (Å²) < 4.78 is 0. The number of carbonyl (C=O) groups is 5. The number of nitrogens with zero attached hydrogens (tertiary/aromatic N) is 5. The van der Waals surface area contributed by atoms with Gasteiger partial charge < -0.3 is 15.5 Å². The lowest BCUT2D eigenvalue weighted by Crippen LogP contribution is -2.54. The van der Waals surface area contributed by atoms with Gasteiger partial charge in [-0.2, -0.15) is 0 Å². The van der Waals surface area contributed by atoms with Gasteiger partial charge in [-0.25, -0.2) is 4.98 Å². The van der Waals surface area contributed by atoms with Crippen LogP contribution in [0.4, 0.5) is 11.4 Å². The molecule has 12 nitrogen and oxygen atoms in total. The van der Waals surface area contributed by atoms with Crippen LogP contribution in [0, 0.1) is 5.92 Å². The molecule has 4 aliphatic heterocycles. The summed E-state index contributed by atoms with van der Waals surface area (Å²) in [6.07, 6.45) is 4.13. The zero-order valence-corrected chi connectivity index (χ0v) is 22.8. The van der Waals surface area contributed by atoms with Gasteiger partial charge in [0, 0.05) is 57.9 Å². The minimum absolute atomic E-state index is 0.0993. The number of benzene rings is 1. The van der Waals surface area contributed by atoms with Crippen molar-refractivity contribution in [3.63, 3.8) is 0 Å². The zero-order valence-electron chi connectivity index (χ0n) is 22.8. The van der Waals surface area contributed by atoms with E-state index in [0.29, 0.717) is 17.0 Å². The summed E-state index contributed by atoms with van der Waals surface area (Å²) in [7, 11) is 0. The highest BCUT2D eigenvalue weighted by atomic mass is 16.2. The minimum Gasteiger partial charge on any atom is -0.370 e. The number of imide groups is 2. The lowest BCUT2D eigenvalue weighted by atomic mass is 9.95. The van der Waals surface area contributed by atoms with Gasteiger partial charge in [0.25, 0.3) is 17.7 Å². The second-order valence-electron chi connectivity index (χ2n) is 11.2. The lowest BCUT2D eigenvalue weighted by molar-refractivity contribution is -0.136. The van der Waals surface area contributed by atoms with Crippen molar-refractivity contribution in [3.05, 3.63) is 53.3 Å². The first kappa shape index (κ1) is 26.9. The number of nitrogens with one attached hydrogen (secondary N) is 1. The average molecular weight is 560 g/mol. The molecule has 214 valence electrons. The monoisotopic (exact) mass is 559 g/mol. The van der Waals surface area contributed by atoms with Gasteiger partial charge in [0.1, 0.15) is 11.7 Å². The largest absolute Gasteiger partial charge is 0.370 e. The van der Waals surface area contributed by atoms with Gasteiger partial charge in [-0.3, -0.25) is 39.1 Å². The number of amides is 5. The molecule has 4 aliphatic rings. The number of piperidine rings is 2. The normalized spacial score (nSPS) is 22.2. The van der Waals surface area contributed by atoms with Crippen molar-refractivity contribution in [2.75, 3.05) is 55.6 Å². The summed E-state index contributed by atoms with van der Waals surface area (Å²) in [5, 5.41) is 2.23. The van der Waals surface area contributed by atoms with Crippen molar-refractivity contribution in [2.24, 2.45) is 11.7 Å². The summed E-state index contributed by atoms with van der Waals surface area (Å²) in [5.41, 5.74) is 8.07. The van der Waals surface area contributed by atoms with Crippen LogP contribution in [0.15, 0.2) is 36.5 Å². The Morgan fingerprint density at radius 2 is 1.54 bits per heavy atom. The molecule has 1 unspecified atom stereocenters. The van der Waals surface area contributed by atoms with Crippen LogP contribution in [0.1, 0.15) is 56.9 Å². The Kier molecular flexibility index (Phi) is 7.16. The second-order valence-corrected chi connectivity index (χ2v) is 11.2. The van der Waals surface area contributed by atoms with Crippen LogP contribution in [0.2, 0.25) is 0 Å². The molecule has 6 rings (SSSR count). The summed E-state index contributed by atoms with van der Waals surface area (Å²) in [5.74, 6) is -1.87. The minimum atomic E-state index is -0.960. The molecular formula is C29H33N7O5. The highest BCUT2D eigenvalue weighted by Gasteiger charge is 2.44. The van der Waals surface area contributed by atoms with Gasteiger partial charge in [-0.05, 0) is 55.5 Å². The predicted molar refractivity (Wildman–Crippen MR) is 149 cm³/mol. The number of primary amides is 1. The van der Waals surface area contributed by atoms with Gasteiger partial charge in [-0.1, -0.05) is 0 Å². The van der Waals surface area contributed by atoms with Gasteiger partial charge in [0.2, 0.25) is 11.8 Å². The predicted octanol–water partition coefficient (Wildman–Crippen LogP) is 0.620. The molecule has 0 bridgehead atoms. The molecular weight excluding hydrogens is 526 g/mol. The molecule has 0 spiro atoms. The van der Waals surface area contributed by atoms with E-state index < -0.39 is 29.7 Å². The van der Waals surface area contributed by atoms with E-state index in [4.69, 9.17) is 5.73 Å². The Labute approximate surface area is 237 Å². The molecule has 5 heterocycles. The summed E-state index contributed by atoms with van der Waals surface area (Å²) >= 11 is 0. The Hall–Kier alpha value is -4.32. The second kappa shape index (κ2) is 10.9. The van der Waals surface area contributed by atoms with Crippen molar-refractivity contribution < 1.29 is 24.0 Å². The number of anilines is 2. The Morgan fingerprint density at radius 1 is 0.854 bits per heavy atom. The molecule has 0 radical (unpaired) electrons. The quantitative estimate of drug-likeness (QED) is 0.486. The summed E-state index contributed by atoms with van der Waals surface area (Å²) in [4.78, 5) is 73.5. The molecule has 12 heteroatoms. The summed E-state index contributed by atoms with van der Waals surface area (Å²) in [6, 6.07) is 7.92. The van der Waals surface area contributed by atoms with Gasteiger partial charge >= 0.3 is 0 Å². The average Bonchev–Trinajstić information content (AvgIpc) is 3.23. The van der Waals surface area contributed by atoms with Crippen LogP contribution in [0.5, 0.6) is 0 Å². The Bertz CT molecular complexity index is 1390. The van der Waals surface area contributed by atoms with E-state index in [1.165, 1.54) is 0 Å². The van der Waals surface area contributed by atoms with Crippen molar-refractivity contribution in [1.29, 1.82) is 0 Å². The van der Waals surface area contributed by atoms with Crippen molar-refractivity contribution in [1.82, 2.24) is 20.1 Å². The highest BCUT2D eigenvalue weighted by molar-refractivity contribution is 6.23. The number of carbonyl (C=O) groups excluding carboxylic acids is 5. The third kappa shape index (κ3) is 5.26. The maximum absolute atomic E-state index is 13.2. The number of hydrogen-bond acceptors (Lipinski definition) is 9. The number of rotatable bonds is 6. The van der Waals surface area contributed by atoms with Gasteiger partial charge in [0.15, 0.2) is 0 Å². The number of piperazine rings is 1. The molecule has 3 fully saturated rings. The number of hydrogen-bond donors (Lipinski definition) is 2. The Balaban J connectivity index is 1.01. The van der Waals surface area contributed by atoms with Crippen LogP contribution in [-0.4, -0.2) is 96.2 Å². The van der Waals surface area contributed by atoms with Crippen LogP contribution >= 0.6 is 0 Å². The smallest absolute Gasteiger partial charge is 0.267 e. The Morgan fingerprint density at radius 3 is 2.20 bits per heavy atom. The van der Waals surface area contributed by atoms with E-state index in [-0.39, 0.29) is 24.4 Å². The van der Waals surface area contributed by atoms with Crippen LogP contribution < -0.4 is 20.9 Å². The molecule has 41 heavy (non-hydrogen) atoms. The fourth-order valence-corrected chi connectivity index (χ4v) is 6.30. The zero-order chi connectivity index (χ0) is 28.7. The van der Waals surface area contributed by atoms with E-state index in [1.54, 1.807) is 24.4 Å². The van der Waals surface area contributed by atoms with E-state index in [0.717, 1.165) is 74.9 Å². The third-order valence-electron chi connectivity index (χ3n) is 8.66. The molecule has 1 aromatic heterocycles. The van der Waals surface area contributed by atoms with Crippen LogP contribution in [-0.2, 0) is 9.59 Å². The first-order chi connectivity index (χ1) is 19.8. The first-order valence-electron chi connectivity index (χ1n) is 14.1. The van der Waals surface area contributed by atoms with Gasteiger partial charge in [-0.15, -0.1) is 0 Å². The summed E-state index contributed by atoms with van der Waals surface area (Å²) in [6.45, 7) is 6.37. The molecule has 0 saturated carbocycles.